The Balaban J connectivity index is 2.54. The van der Waals surface area contributed by atoms with E-state index in [0.29, 0.717) is 32.7 Å². The van der Waals surface area contributed by atoms with E-state index < -0.39 is 10.0 Å². The van der Waals surface area contributed by atoms with Gasteiger partial charge in [-0.25, -0.2) is 8.42 Å². The second-order valence-electron chi connectivity index (χ2n) is 4.26. The third-order valence-corrected chi connectivity index (χ3v) is 4.97. The first-order valence-corrected chi connectivity index (χ1v) is 7.50. The number of nitrogens with zero attached hydrogens (tertiary/aromatic N) is 2. The van der Waals surface area contributed by atoms with Gasteiger partial charge in [-0.1, -0.05) is 6.92 Å². The Hall–Kier alpha value is -0.660. The summed E-state index contributed by atoms with van der Waals surface area (Å²) in [7, 11) is -3.13. The lowest BCUT2D eigenvalue weighted by atomic mass is 10.1. The van der Waals surface area contributed by atoms with Crippen LogP contribution < -0.4 is 5.73 Å². The summed E-state index contributed by atoms with van der Waals surface area (Å²) in [5.74, 6) is -0.0643. The van der Waals surface area contributed by atoms with Crippen molar-refractivity contribution in [2.24, 2.45) is 11.7 Å². The number of carbonyl (C=O) groups is 1. The normalized spacial score (nSPS) is 20.3. The SMILES string of the molecule is CCS(=O)(=O)N1CCN(C(=O)C(C)CN)CC1. The Morgan fingerprint density at radius 2 is 1.82 bits per heavy atom. The summed E-state index contributed by atoms with van der Waals surface area (Å²) in [4.78, 5) is 13.5. The molecule has 1 aliphatic heterocycles. The maximum absolute atomic E-state index is 11.8. The van der Waals surface area contributed by atoms with Crippen LogP contribution in [0.25, 0.3) is 0 Å². The summed E-state index contributed by atoms with van der Waals surface area (Å²) >= 11 is 0. The third kappa shape index (κ3) is 3.40. The predicted octanol–water partition coefficient (Wildman–Crippen LogP) is -0.925. The highest BCUT2D eigenvalue weighted by Gasteiger charge is 2.28. The molecule has 2 N–H and O–H groups in total. The predicted molar refractivity (Wildman–Crippen MR) is 65.8 cm³/mol. The molecule has 1 fully saturated rings. The number of rotatable bonds is 4. The Labute approximate surface area is 103 Å². The first-order chi connectivity index (χ1) is 7.92. The van der Waals surface area contributed by atoms with E-state index in [1.165, 1.54) is 4.31 Å². The minimum absolute atomic E-state index is 0.0149. The minimum Gasteiger partial charge on any atom is -0.340 e. The van der Waals surface area contributed by atoms with E-state index >= 15 is 0 Å². The molecule has 1 saturated heterocycles. The Bertz CT molecular complexity index is 361. The van der Waals surface area contributed by atoms with E-state index in [1.54, 1.807) is 18.7 Å². The average Bonchev–Trinajstić information content (AvgIpc) is 2.37. The van der Waals surface area contributed by atoms with Crippen LogP contribution in [-0.2, 0) is 14.8 Å². The van der Waals surface area contributed by atoms with Crippen LogP contribution in [-0.4, -0.2) is 62.0 Å². The highest BCUT2D eigenvalue weighted by Crippen LogP contribution is 2.10. The van der Waals surface area contributed by atoms with E-state index in [-0.39, 0.29) is 17.6 Å². The number of amides is 1. The zero-order valence-electron chi connectivity index (χ0n) is 10.4. The molecule has 0 saturated carbocycles. The van der Waals surface area contributed by atoms with Gasteiger partial charge >= 0.3 is 0 Å². The topological polar surface area (TPSA) is 83.7 Å². The van der Waals surface area contributed by atoms with Crippen LogP contribution in [0.2, 0.25) is 0 Å². The molecule has 0 aromatic rings. The maximum atomic E-state index is 11.8. The molecule has 0 spiro atoms. The summed E-state index contributed by atoms with van der Waals surface area (Å²) in [6.45, 7) is 5.44. The average molecular weight is 263 g/mol. The molecule has 0 aromatic carbocycles. The van der Waals surface area contributed by atoms with Gasteiger partial charge in [0.1, 0.15) is 0 Å². The monoisotopic (exact) mass is 263 g/mol. The van der Waals surface area contributed by atoms with Gasteiger partial charge in [0, 0.05) is 38.6 Å². The maximum Gasteiger partial charge on any atom is 0.226 e. The first-order valence-electron chi connectivity index (χ1n) is 5.89. The molecular formula is C10H21N3O3S. The van der Waals surface area contributed by atoms with Crippen molar-refractivity contribution in [3.63, 3.8) is 0 Å². The van der Waals surface area contributed by atoms with Crippen LogP contribution in [0.4, 0.5) is 0 Å². The second kappa shape index (κ2) is 5.79. The van der Waals surface area contributed by atoms with Gasteiger partial charge in [-0.2, -0.15) is 4.31 Å². The lowest BCUT2D eigenvalue weighted by molar-refractivity contribution is -0.135. The van der Waals surface area contributed by atoms with E-state index in [2.05, 4.69) is 0 Å². The zero-order valence-corrected chi connectivity index (χ0v) is 11.2. The summed E-state index contributed by atoms with van der Waals surface area (Å²) in [6.07, 6.45) is 0. The van der Waals surface area contributed by atoms with Crippen LogP contribution in [0.15, 0.2) is 0 Å². The second-order valence-corrected chi connectivity index (χ2v) is 6.52. The Morgan fingerprint density at radius 3 is 2.24 bits per heavy atom. The van der Waals surface area contributed by atoms with Gasteiger partial charge in [-0.15, -0.1) is 0 Å². The highest BCUT2D eigenvalue weighted by atomic mass is 32.2. The van der Waals surface area contributed by atoms with Crippen molar-refractivity contribution >= 4 is 15.9 Å². The molecule has 1 amide bonds. The molecule has 0 aromatic heterocycles. The first kappa shape index (κ1) is 14.4. The van der Waals surface area contributed by atoms with Gasteiger partial charge in [0.25, 0.3) is 0 Å². The van der Waals surface area contributed by atoms with Crippen LogP contribution in [0.5, 0.6) is 0 Å². The number of hydrogen-bond donors (Lipinski definition) is 1. The smallest absolute Gasteiger partial charge is 0.226 e. The van der Waals surface area contributed by atoms with Gasteiger partial charge in [0.15, 0.2) is 0 Å². The van der Waals surface area contributed by atoms with Gasteiger partial charge < -0.3 is 10.6 Å². The standard InChI is InChI=1S/C10H21N3O3S/c1-3-17(15,16)13-6-4-12(5-7-13)10(14)9(2)8-11/h9H,3-8,11H2,1-2H3. The van der Waals surface area contributed by atoms with Crippen molar-refractivity contribution in [3.8, 4) is 0 Å². The molecule has 0 radical (unpaired) electrons. The molecule has 1 rings (SSSR count). The van der Waals surface area contributed by atoms with Crippen molar-refractivity contribution < 1.29 is 13.2 Å². The van der Waals surface area contributed by atoms with Gasteiger partial charge in [-0.3, -0.25) is 4.79 Å². The zero-order chi connectivity index (χ0) is 13.1. The summed E-state index contributed by atoms with van der Waals surface area (Å²) in [5.41, 5.74) is 5.44. The highest BCUT2D eigenvalue weighted by molar-refractivity contribution is 7.89. The van der Waals surface area contributed by atoms with Gasteiger partial charge in [0.2, 0.25) is 15.9 Å². The number of nitrogens with two attached hydrogens (primary N) is 1. The van der Waals surface area contributed by atoms with Crippen molar-refractivity contribution in [2.45, 2.75) is 13.8 Å². The fraction of sp³-hybridized carbons (Fsp3) is 0.900. The quantitative estimate of drug-likeness (QED) is 0.710. The van der Waals surface area contributed by atoms with Gasteiger partial charge in [0.05, 0.1) is 5.75 Å². The van der Waals surface area contributed by atoms with Crippen molar-refractivity contribution in [3.05, 3.63) is 0 Å². The third-order valence-electron chi connectivity index (χ3n) is 3.08. The van der Waals surface area contributed by atoms with Crippen LogP contribution in [0.3, 0.4) is 0 Å². The fourth-order valence-corrected chi connectivity index (χ4v) is 2.87. The van der Waals surface area contributed by atoms with Crippen LogP contribution in [0, 0.1) is 5.92 Å². The molecule has 1 heterocycles. The summed E-state index contributed by atoms with van der Waals surface area (Å²) < 4.78 is 24.7. The van der Waals surface area contributed by atoms with E-state index in [0.717, 1.165) is 0 Å². The summed E-state index contributed by atoms with van der Waals surface area (Å²) in [6, 6.07) is 0. The van der Waals surface area contributed by atoms with E-state index in [1.807, 2.05) is 0 Å². The van der Waals surface area contributed by atoms with Crippen LogP contribution in [0.1, 0.15) is 13.8 Å². The number of piperazine rings is 1. The van der Waals surface area contributed by atoms with Crippen molar-refractivity contribution in [1.82, 2.24) is 9.21 Å². The molecule has 7 heteroatoms. The lowest BCUT2D eigenvalue weighted by Gasteiger charge is -2.35. The number of sulfonamides is 1. The molecule has 6 nitrogen and oxygen atoms in total. The summed E-state index contributed by atoms with van der Waals surface area (Å²) in [5, 5.41) is 0. The molecule has 0 aliphatic carbocycles. The van der Waals surface area contributed by atoms with Gasteiger partial charge in [-0.05, 0) is 6.92 Å². The Morgan fingerprint density at radius 1 is 1.29 bits per heavy atom. The Kier molecular flexibility index (Phi) is 4.91. The van der Waals surface area contributed by atoms with E-state index in [9.17, 15) is 13.2 Å². The number of carbonyl (C=O) groups excluding carboxylic acids is 1. The molecular weight excluding hydrogens is 242 g/mol. The molecule has 17 heavy (non-hydrogen) atoms. The number of hydrogen-bond acceptors (Lipinski definition) is 4. The van der Waals surface area contributed by atoms with Crippen LogP contribution >= 0.6 is 0 Å². The molecule has 1 atom stereocenters. The van der Waals surface area contributed by atoms with E-state index in [4.69, 9.17) is 5.73 Å². The lowest BCUT2D eigenvalue weighted by Crippen LogP contribution is -2.52. The molecule has 1 unspecified atom stereocenters. The van der Waals surface area contributed by atoms with Crippen molar-refractivity contribution in [1.29, 1.82) is 0 Å². The molecule has 1 aliphatic rings. The minimum atomic E-state index is -3.13. The molecule has 0 bridgehead atoms. The largest absolute Gasteiger partial charge is 0.340 e. The fourth-order valence-electron chi connectivity index (χ4n) is 1.78. The van der Waals surface area contributed by atoms with Crippen molar-refractivity contribution in [2.75, 3.05) is 38.5 Å². The molecule has 100 valence electrons.